The van der Waals surface area contributed by atoms with Crippen molar-refractivity contribution >= 4 is 21.6 Å². The molecule has 0 bridgehead atoms. The van der Waals surface area contributed by atoms with Crippen molar-refractivity contribution in [2.75, 3.05) is 11.6 Å². The van der Waals surface area contributed by atoms with E-state index in [4.69, 9.17) is 11.6 Å². The molecule has 1 atom stereocenters. The smallest absolute Gasteiger partial charge is 0.212 e. The van der Waals surface area contributed by atoms with Crippen molar-refractivity contribution in [1.29, 1.82) is 0 Å². The van der Waals surface area contributed by atoms with Crippen molar-refractivity contribution in [2.24, 2.45) is 5.41 Å². The van der Waals surface area contributed by atoms with Crippen LogP contribution >= 0.6 is 11.6 Å². The molecule has 15 heavy (non-hydrogen) atoms. The Morgan fingerprint density at radius 3 is 2.27 bits per heavy atom. The van der Waals surface area contributed by atoms with Crippen molar-refractivity contribution in [3.8, 4) is 0 Å². The van der Waals surface area contributed by atoms with Gasteiger partial charge in [-0.25, -0.2) is 13.1 Å². The molecule has 0 heterocycles. The summed E-state index contributed by atoms with van der Waals surface area (Å²) in [5, 5.41) is 0. The molecule has 1 N–H and O–H groups in total. The van der Waals surface area contributed by atoms with Gasteiger partial charge in [0, 0.05) is 11.9 Å². The summed E-state index contributed by atoms with van der Waals surface area (Å²) >= 11 is 5.55. The highest BCUT2D eigenvalue weighted by Crippen LogP contribution is 2.15. The second kappa shape index (κ2) is 6.06. The Morgan fingerprint density at radius 2 is 1.87 bits per heavy atom. The highest BCUT2D eigenvalue weighted by molar-refractivity contribution is 7.89. The lowest BCUT2D eigenvalue weighted by Gasteiger charge is -2.20. The molecule has 0 radical (unpaired) electrons. The Morgan fingerprint density at radius 1 is 1.33 bits per heavy atom. The van der Waals surface area contributed by atoms with Crippen LogP contribution in [0.4, 0.5) is 0 Å². The van der Waals surface area contributed by atoms with Gasteiger partial charge in [-0.05, 0) is 25.2 Å². The van der Waals surface area contributed by atoms with Crippen LogP contribution in [0.2, 0.25) is 0 Å². The summed E-state index contributed by atoms with van der Waals surface area (Å²) < 4.78 is 26.0. The van der Waals surface area contributed by atoms with Crippen LogP contribution < -0.4 is 4.72 Å². The molecule has 0 rings (SSSR count). The summed E-state index contributed by atoms with van der Waals surface area (Å²) in [6.45, 7) is 7.60. The largest absolute Gasteiger partial charge is 0.212 e. The van der Waals surface area contributed by atoms with Gasteiger partial charge in [-0.2, -0.15) is 0 Å². The third kappa shape index (κ3) is 9.15. The van der Waals surface area contributed by atoms with Gasteiger partial charge >= 0.3 is 0 Å². The number of hydrogen-bond acceptors (Lipinski definition) is 2. The zero-order valence-electron chi connectivity index (χ0n) is 10.0. The number of hydrogen-bond donors (Lipinski definition) is 1. The predicted molar refractivity (Wildman–Crippen MR) is 65.8 cm³/mol. The maximum atomic E-state index is 11.7. The Kier molecular flexibility index (Phi) is 6.14. The van der Waals surface area contributed by atoms with Gasteiger partial charge in [0.1, 0.15) is 0 Å². The third-order valence-electron chi connectivity index (χ3n) is 1.77. The molecule has 92 valence electrons. The fourth-order valence-electron chi connectivity index (χ4n) is 1.36. The normalized spacial score (nSPS) is 15.3. The minimum Gasteiger partial charge on any atom is -0.212 e. The van der Waals surface area contributed by atoms with Crippen LogP contribution in [-0.2, 0) is 10.0 Å². The summed E-state index contributed by atoms with van der Waals surface area (Å²) in [4.78, 5) is 0. The molecule has 5 heteroatoms. The van der Waals surface area contributed by atoms with Crippen LogP contribution in [0.15, 0.2) is 0 Å². The first-order valence-electron chi connectivity index (χ1n) is 5.22. The molecule has 0 aliphatic heterocycles. The molecular formula is C10H22ClNO2S. The molecule has 0 amide bonds. The summed E-state index contributed by atoms with van der Waals surface area (Å²) in [7, 11) is -3.16. The molecule has 0 spiro atoms. The van der Waals surface area contributed by atoms with Gasteiger partial charge in [0.05, 0.1) is 5.75 Å². The van der Waals surface area contributed by atoms with E-state index in [1.807, 2.05) is 27.7 Å². The third-order valence-corrected chi connectivity index (χ3v) is 4.05. The number of rotatable bonds is 6. The first-order chi connectivity index (χ1) is 6.66. The van der Waals surface area contributed by atoms with Crippen LogP contribution in [0.25, 0.3) is 0 Å². The number of sulfonamides is 1. The Labute approximate surface area is 98.6 Å². The summed E-state index contributed by atoms with van der Waals surface area (Å²) in [5.41, 5.74) is -0.210. The van der Waals surface area contributed by atoms with E-state index in [0.29, 0.717) is 5.88 Å². The quantitative estimate of drug-likeness (QED) is 0.741. The van der Waals surface area contributed by atoms with E-state index >= 15 is 0 Å². The van der Waals surface area contributed by atoms with Crippen LogP contribution in [0.3, 0.4) is 0 Å². The minimum absolute atomic E-state index is 0.0314. The van der Waals surface area contributed by atoms with Crippen LogP contribution in [0.1, 0.15) is 40.5 Å². The van der Waals surface area contributed by atoms with Crippen molar-refractivity contribution in [3.05, 3.63) is 0 Å². The van der Waals surface area contributed by atoms with E-state index in [0.717, 1.165) is 12.8 Å². The molecule has 0 fully saturated rings. The lowest BCUT2D eigenvalue weighted by atomic mass is 10.0. The molecule has 0 aliphatic rings. The Bertz CT molecular complexity index is 270. The predicted octanol–water partition coefficient (Wildman–Crippen LogP) is 2.36. The zero-order valence-corrected chi connectivity index (χ0v) is 11.6. The number of nitrogens with one attached hydrogen (secondary N) is 1. The maximum absolute atomic E-state index is 11.7. The molecule has 0 aliphatic carbocycles. The van der Waals surface area contributed by atoms with Gasteiger partial charge in [0.25, 0.3) is 0 Å². The van der Waals surface area contributed by atoms with Crippen LogP contribution in [0, 0.1) is 5.41 Å². The van der Waals surface area contributed by atoms with Gasteiger partial charge in [0.2, 0.25) is 10.0 Å². The van der Waals surface area contributed by atoms with E-state index in [1.54, 1.807) is 0 Å². The molecule has 0 saturated heterocycles. The maximum Gasteiger partial charge on any atom is 0.212 e. The monoisotopic (exact) mass is 255 g/mol. The first kappa shape index (κ1) is 15.2. The second-order valence-corrected chi connectivity index (χ2v) is 7.30. The average Bonchev–Trinajstić information content (AvgIpc) is 1.94. The fraction of sp³-hybridized carbons (Fsp3) is 1.00. The van der Waals surface area contributed by atoms with E-state index in [2.05, 4.69) is 4.72 Å². The van der Waals surface area contributed by atoms with E-state index < -0.39 is 10.0 Å². The highest BCUT2D eigenvalue weighted by Gasteiger charge is 2.22. The standard InChI is InChI=1S/C10H22ClNO2S/c1-9(6-5-7-11)12-15(13,14)8-10(2,3)4/h9,12H,5-8H2,1-4H3. The fourth-order valence-corrected chi connectivity index (χ4v) is 3.47. The molecule has 3 nitrogen and oxygen atoms in total. The number of halogens is 1. The van der Waals surface area contributed by atoms with Crippen molar-refractivity contribution in [1.82, 2.24) is 4.72 Å². The molecule has 0 aromatic rings. The SMILES string of the molecule is CC(CCCCl)NS(=O)(=O)CC(C)(C)C. The van der Waals surface area contributed by atoms with Gasteiger partial charge in [0.15, 0.2) is 0 Å². The van der Waals surface area contributed by atoms with E-state index in [-0.39, 0.29) is 17.2 Å². The molecular weight excluding hydrogens is 234 g/mol. The molecule has 0 aromatic carbocycles. The molecule has 0 aromatic heterocycles. The van der Waals surface area contributed by atoms with E-state index in [1.165, 1.54) is 0 Å². The molecule has 1 unspecified atom stereocenters. The zero-order chi connectivity index (χ0) is 12.1. The summed E-state index contributed by atoms with van der Waals surface area (Å²) in [6.07, 6.45) is 1.62. The molecule has 0 saturated carbocycles. The van der Waals surface area contributed by atoms with Crippen molar-refractivity contribution < 1.29 is 8.42 Å². The van der Waals surface area contributed by atoms with Crippen LogP contribution in [-0.4, -0.2) is 26.1 Å². The minimum atomic E-state index is -3.16. The average molecular weight is 256 g/mol. The van der Waals surface area contributed by atoms with Crippen molar-refractivity contribution in [2.45, 2.75) is 46.6 Å². The Hall–Kier alpha value is 0.200. The van der Waals surface area contributed by atoms with Gasteiger partial charge in [-0.1, -0.05) is 20.8 Å². The summed E-state index contributed by atoms with van der Waals surface area (Å²) in [6, 6.07) is -0.0314. The van der Waals surface area contributed by atoms with Gasteiger partial charge in [-0.3, -0.25) is 0 Å². The van der Waals surface area contributed by atoms with Gasteiger partial charge in [-0.15, -0.1) is 11.6 Å². The van der Waals surface area contributed by atoms with E-state index in [9.17, 15) is 8.42 Å². The van der Waals surface area contributed by atoms with Crippen molar-refractivity contribution in [3.63, 3.8) is 0 Å². The lowest BCUT2D eigenvalue weighted by Crippen LogP contribution is -2.37. The highest BCUT2D eigenvalue weighted by atomic mass is 35.5. The van der Waals surface area contributed by atoms with Gasteiger partial charge < -0.3 is 0 Å². The Balaban J connectivity index is 4.15. The van der Waals surface area contributed by atoms with Crippen LogP contribution in [0.5, 0.6) is 0 Å². The second-order valence-electron chi connectivity index (χ2n) is 5.17. The topological polar surface area (TPSA) is 46.2 Å². The summed E-state index contributed by atoms with van der Waals surface area (Å²) in [5.74, 6) is 0.733. The first-order valence-corrected chi connectivity index (χ1v) is 7.41. The lowest BCUT2D eigenvalue weighted by molar-refractivity contribution is 0.453. The number of alkyl halides is 1.